The Bertz CT molecular complexity index is 562. The van der Waals surface area contributed by atoms with Crippen molar-refractivity contribution in [3.05, 3.63) is 18.0 Å². The maximum absolute atomic E-state index is 10.4. The number of nitrogens with zero attached hydrogens (tertiary/aromatic N) is 1. The molecule has 0 radical (unpaired) electrons. The largest absolute Gasteiger partial charge is 0.550 e. The third kappa shape index (κ3) is 1.97. The molecule has 18 heavy (non-hydrogen) atoms. The van der Waals surface area contributed by atoms with Crippen molar-refractivity contribution in [1.29, 1.82) is 0 Å². The number of hydrogen-bond acceptors (Lipinski definition) is 5. The molecule has 6 nitrogen and oxygen atoms in total. The minimum absolute atomic E-state index is 0.0491. The van der Waals surface area contributed by atoms with Gasteiger partial charge < -0.3 is 24.4 Å². The van der Waals surface area contributed by atoms with Crippen molar-refractivity contribution in [2.24, 2.45) is 0 Å². The van der Waals surface area contributed by atoms with Crippen molar-refractivity contribution in [2.75, 3.05) is 13.2 Å². The summed E-state index contributed by atoms with van der Waals surface area (Å²) in [5, 5.41) is 10.4. The summed E-state index contributed by atoms with van der Waals surface area (Å²) in [6.45, 7) is 1.06. The molecule has 0 saturated heterocycles. The third-order valence-corrected chi connectivity index (χ3v) is 2.76. The molecule has 0 saturated carbocycles. The molecule has 2 heterocycles. The predicted molar refractivity (Wildman–Crippen MR) is 60.4 cm³/mol. The van der Waals surface area contributed by atoms with Gasteiger partial charge in [-0.15, -0.1) is 0 Å². The van der Waals surface area contributed by atoms with Crippen LogP contribution in [0.1, 0.15) is 12.2 Å². The number of imidazole rings is 1. The van der Waals surface area contributed by atoms with Crippen molar-refractivity contribution < 1.29 is 19.4 Å². The number of carbonyl (C=O) groups excluding carboxylic acids is 1. The van der Waals surface area contributed by atoms with Crippen LogP contribution >= 0.6 is 0 Å². The number of aliphatic carboxylic acids is 1. The van der Waals surface area contributed by atoms with Crippen LogP contribution in [-0.4, -0.2) is 29.2 Å². The number of carboxylic acids is 1. The van der Waals surface area contributed by atoms with Crippen LogP contribution in [0.25, 0.3) is 11.0 Å². The van der Waals surface area contributed by atoms with Crippen LogP contribution in [-0.2, 0) is 11.2 Å². The van der Waals surface area contributed by atoms with Crippen LogP contribution in [0.15, 0.2) is 12.1 Å². The van der Waals surface area contributed by atoms with Gasteiger partial charge >= 0.3 is 0 Å². The standard InChI is InChI=1S/C12H12N2O4/c15-12(16)2-1-11-13-7-5-9-10(6-8(7)14-11)18-4-3-17-9/h5-6H,1-4H2,(H,13,14)(H,15,16)/p-1. The van der Waals surface area contributed by atoms with Gasteiger partial charge in [0.15, 0.2) is 11.5 Å². The maximum Gasteiger partial charge on any atom is 0.163 e. The molecule has 0 fully saturated rings. The minimum Gasteiger partial charge on any atom is -0.550 e. The lowest BCUT2D eigenvalue weighted by molar-refractivity contribution is -0.305. The molecule has 2 aromatic rings. The van der Waals surface area contributed by atoms with Gasteiger partial charge in [-0.1, -0.05) is 0 Å². The Hall–Kier alpha value is -2.24. The zero-order valence-corrected chi connectivity index (χ0v) is 9.56. The van der Waals surface area contributed by atoms with Gasteiger partial charge in [0.25, 0.3) is 0 Å². The summed E-state index contributed by atoms with van der Waals surface area (Å²) < 4.78 is 10.9. The van der Waals surface area contributed by atoms with E-state index >= 15 is 0 Å². The number of hydrogen-bond donors (Lipinski definition) is 1. The van der Waals surface area contributed by atoms with E-state index in [-0.39, 0.29) is 6.42 Å². The van der Waals surface area contributed by atoms with Crippen LogP contribution in [0.2, 0.25) is 0 Å². The lowest BCUT2D eigenvalue weighted by atomic mass is 10.2. The molecule has 0 unspecified atom stereocenters. The predicted octanol–water partition coefficient (Wildman–Crippen LogP) is 0.0166. The number of H-pyrrole nitrogens is 1. The quantitative estimate of drug-likeness (QED) is 0.825. The van der Waals surface area contributed by atoms with E-state index in [0.29, 0.717) is 37.0 Å². The molecule has 94 valence electrons. The number of aromatic amines is 1. The Balaban J connectivity index is 1.93. The smallest absolute Gasteiger partial charge is 0.163 e. The lowest BCUT2D eigenvalue weighted by Crippen LogP contribution is -2.22. The van der Waals surface area contributed by atoms with Crippen LogP contribution in [0.4, 0.5) is 0 Å². The van der Waals surface area contributed by atoms with Gasteiger partial charge in [-0.2, -0.15) is 0 Å². The fraction of sp³-hybridized carbons (Fsp3) is 0.333. The molecular weight excluding hydrogens is 236 g/mol. The van der Waals surface area contributed by atoms with Crippen LogP contribution < -0.4 is 14.6 Å². The highest BCUT2D eigenvalue weighted by Gasteiger charge is 2.14. The summed E-state index contributed by atoms with van der Waals surface area (Å²) in [7, 11) is 0. The fourth-order valence-electron chi connectivity index (χ4n) is 1.94. The third-order valence-electron chi connectivity index (χ3n) is 2.76. The zero-order valence-electron chi connectivity index (χ0n) is 9.56. The Morgan fingerprint density at radius 3 is 2.78 bits per heavy atom. The second kappa shape index (κ2) is 4.21. The first kappa shape index (κ1) is 10.9. The molecule has 6 heteroatoms. The van der Waals surface area contributed by atoms with Gasteiger partial charge in [0.1, 0.15) is 19.0 Å². The molecule has 1 aromatic heterocycles. The molecule has 1 aromatic carbocycles. The second-order valence-electron chi connectivity index (χ2n) is 4.07. The van der Waals surface area contributed by atoms with E-state index in [4.69, 9.17) is 9.47 Å². The van der Waals surface area contributed by atoms with Gasteiger partial charge in [0.2, 0.25) is 0 Å². The molecule has 0 atom stereocenters. The Morgan fingerprint density at radius 1 is 1.33 bits per heavy atom. The average molecular weight is 247 g/mol. The van der Waals surface area contributed by atoms with Crippen molar-refractivity contribution in [1.82, 2.24) is 9.97 Å². The second-order valence-corrected chi connectivity index (χ2v) is 4.07. The highest BCUT2D eigenvalue weighted by Crippen LogP contribution is 2.33. The fourth-order valence-corrected chi connectivity index (χ4v) is 1.94. The molecular formula is C12H11N2O4-. The van der Waals surface area contributed by atoms with Gasteiger partial charge in [0.05, 0.1) is 11.0 Å². The number of carbonyl (C=O) groups is 1. The number of aryl methyl sites for hydroxylation is 1. The first-order valence-corrected chi connectivity index (χ1v) is 5.70. The number of fused-ring (bicyclic) bond motifs is 2. The van der Waals surface area contributed by atoms with Crippen LogP contribution in [0.3, 0.4) is 0 Å². The van der Waals surface area contributed by atoms with E-state index in [1.165, 1.54) is 0 Å². The molecule has 0 aliphatic carbocycles. The highest BCUT2D eigenvalue weighted by atomic mass is 16.6. The van der Waals surface area contributed by atoms with Gasteiger partial charge in [-0.05, 0) is 6.42 Å². The first-order chi connectivity index (χ1) is 8.72. The van der Waals surface area contributed by atoms with Gasteiger partial charge in [0, 0.05) is 24.5 Å². The minimum atomic E-state index is -1.08. The van der Waals surface area contributed by atoms with E-state index < -0.39 is 5.97 Å². The molecule has 0 spiro atoms. The van der Waals surface area contributed by atoms with E-state index in [2.05, 4.69) is 9.97 Å². The summed E-state index contributed by atoms with van der Waals surface area (Å²) >= 11 is 0. The molecule has 0 amide bonds. The molecule has 3 rings (SSSR count). The van der Waals surface area contributed by atoms with Crippen molar-refractivity contribution in [3.63, 3.8) is 0 Å². The maximum atomic E-state index is 10.4. The monoisotopic (exact) mass is 247 g/mol. The normalized spacial score (nSPS) is 13.8. The Kier molecular flexibility index (Phi) is 2.55. The zero-order chi connectivity index (χ0) is 12.5. The van der Waals surface area contributed by atoms with Gasteiger partial charge in [-0.25, -0.2) is 4.98 Å². The van der Waals surface area contributed by atoms with E-state index in [1.54, 1.807) is 6.07 Å². The summed E-state index contributed by atoms with van der Waals surface area (Å²) in [4.78, 5) is 17.8. The summed E-state index contributed by atoms with van der Waals surface area (Å²) in [6.07, 6.45) is 0.274. The summed E-state index contributed by atoms with van der Waals surface area (Å²) in [6, 6.07) is 3.61. The van der Waals surface area contributed by atoms with Crippen molar-refractivity contribution in [3.8, 4) is 11.5 Å². The average Bonchev–Trinajstić information content (AvgIpc) is 2.75. The number of rotatable bonds is 3. The molecule has 1 aliphatic rings. The Labute approximate surface area is 103 Å². The van der Waals surface area contributed by atoms with E-state index in [1.807, 2.05) is 6.07 Å². The number of nitrogens with one attached hydrogen (secondary N) is 1. The summed E-state index contributed by atoms with van der Waals surface area (Å²) in [5.74, 6) is 0.897. The van der Waals surface area contributed by atoms with E-state index in [0.717, 1.165) is 11.0 Å². The topological polar surface area (TPSA) is 87.3 Å². The van der Waals surface area contributed by atoms with E-state index in [9.17, 15) is 9.90 Å². The first-order valence-electron chi connectivity index (χ1n) is 5.70. The number of ether oxygens (including phenoxy) is 2. The van der Waals surface area contributed by atoms with Crippen LogP contribution in [0.5, 0.6) is 11.5 Å². The number of benzene rings is 1. The highest BCUT2D eigenvalue weighted by molar-refractivity contribution is 5.80. The molecule has 1 N–H and O–H groups in total. The molecule has 0 bridgehead atoms. The Morgan fingerprint density at radius 2 is 2.06 bits per heavy atom. The van der Waals surface area contributed by atoms with Crippen molar-refractivity contribution >= 4 is 17.0 Å². The van der Waals surface area contributed by atoms with Gasteiger partial charge in [-0.3, -0.25) is 0 Å². The SMILES string of the molecule is O=C([O-])CCc1nc2cc3c(cc2[nH]1)OCCO3. The number of carboxylic acid groups (broad SMARTS) is 1. The molecule has 1 aliphatic heterocycles. The van der Waals surface area contributed by atoms with Crippen molar-refractivity contribution in [2.45, 2.75) is 12.8 Å². The lowest BCUT2D eigenvalue weighted by Gasteiger charge is -2.17. The number of aromatic nitrogens is 2. The summed E-state index contributed by atoms with van der Waals surface area (Å²) in [5.41, 5.74) is 1.56. The van der Waals surface area contributed by atoms with Crippen LogP contribution in [0, 0.1) is 0 Å².